The summed E-state index contributed by atoms with van der Waals surface area (Å²) < 4.78 is 12.1. The van der Waals surface area contributed by atoms with Crippen LogP contribution in [-0.2, 0) is 11.2 Å². The van der Waals surface area contributed by atoms with Crippen molar-refractivity contribution in [1.82, 2.24) is 14.8 Å². The molecule has 2 aromatic carbocycles. The Bertz CT molecular complexity index is 845. The van der Waals surface area contributed by atoms with Crippen molar-refractivity contribution in [2.75, 3.05) is 19.5 Å². The van der Waals surface area contributed by atoms with Crippen LogP contribution in [0.15, 0.2) is 55.1 Å². The molecule has 1 aromatic heterocycles. The van der Waals surface area contributed by atoms with Gasteiger partial charge in [0.05, 0.1) is 26.3 Å². The Hall–Kier alpha value is -3.35. The predicted molar refractivity (Wildman–Crippen MR) is 93.2 cm³/mol. The molecule has 0 saturated carbocycles. The number of rotatable bonds is 6. The van der Waals surface area contributed by atoms with Gasteiger partial charge < -0.3 is 14.8 Å². The average molecular weight is 338 g/mol. The minimum absolute atomic E-state index is 0.128. The van der Waals surface area contributed by atoms with E-state index in [0.717, 1.165) is 11.3 Å². The number of methoxy groups -OCH3 is 2. The molecule has 0 aliphatic rings. The van der Waals surface area contributed by atoms with Crippen LogP contribution in [0, 0.1) is 0 Å². The third-order valence-electron chi connectivity index (χ3n) is 3.68. The Morgan fingerprint density at radius 1 is 1.12 bits per heavy atom. The van der Waals surface area contributed by atoms with E-state index in [1.807, 2.05) is 30.3 Å². The van der Waals surface area contributed by atoms with Crippen molar-refractivity contribution in [1.29, 1.82) is 0 Å². The highest BCUT2D eigenvalue weighted by molar-refractivity contribution is 5.92. The first-order valence-electron chi connectivity index (χ1n) is 7.65. The summed E-state index contributed by atoms with van der Waals surface area (Å²) in [5.41, 5.74) is 2.37. The van der Waals surface area contributed by atoms with Gasteiger partial charge in [0.25, 0.3) is 0 Å². The van der Waals surface area contributed by atoms with E-state index >= 15 is 0 Å². The van der Waals surface area contributed by atoms with Crippen LogP contribution in [0.4, 0.5) is 5.69 Å². The zero-order chi connectivity index (χ0) is 17.6. The molecule has 0 spiro atoms. The Labute approximate surface area is 145 Å². The summed E-state index contributed by atoms with van der Waals surface area (Å²) in [4.78, 5) is 16.2. The number of carbonyl (C=O) groups is 1. The average Bonchev–Trinajstić information content (AvgIpc) is 3.17. The van der Waals surface area contributed by atoms with Crippen molar-refractivity contribution in [2.24, 2.45) is 0 Å². The van der Waals surface area contributed by atoms with E-state index < -0.39 is 0 Å². The van der Waals surface area contributed by atoms with Gasteiger partial charge in [-0.3, -0.25) is 4.79 Å². The number of aromatic nitrogens is 3. The number of anilines is 1. The molecule has 0 radical (unpaired) electrons. The standard InChI is InChI=1S/C18H18N4O3/c1-24-16-8-3-13(17(10-16)25-2)9-18(23)21-14-4-6-15(7-5-14)22-12-19-11-20-22/h3-8,10-12H,9H2,1-2H3,(H,21,23). The second-order valence-electron chi connectivity index (χ2n) is 5.29. The molecule has 128 valence electrons. The molecule has 1 N–H and O–H groups in total. The van der Waals surface area contributed by atoms with Crippen molar-refractivity contribution in [3.63, 3.8) is 0 Å². The van der Waals surface area contributed by atoms with Gasteiger partial charge in [-0.25, -0.2) is 9.67 Å². The number of carbonyl (C=O) groups excluding carboxylic acids is 1. The Morgan fingerprint density at radius 3 is 2.56 bits per heavy atom. The first-order chi connectivity index (χ1) is 12.2. The number of nitrogens with zero attached hydrogens (tertiary/aromatic N) is 3. The third-order valence-corrected chi connectivity index (χ3v) is 3.68. The molecule has 0 saturated heterocycles. The monoisotopic (exact) mass is 338 g/mol. The maximum absolute atomic E-state index is 12.3. The minimum atomic E-state index is -0.128. The molecule has 3 aromatic rings. The van der Waals surface area contributed by atoms with Crippen LogP contribution < -0.4 is 14.8 Å². The van der Waals surface area contributed by atoms with E-state index in [9.17, 15) is 4.79 Å². The van der Waals surface area contributed by atoms with E-state index in [2.05, 4.69) is 15.4 Å². The van der Waals surface area contributed by atoms with Crippen LogP contribution in [0.2, 0.25) is 0 Å². The first kappa shape index (κ1) is 16.5. The highest BCUT2D eigenvalue weighted by Crippen LogP contribution is 2.25. The van der Waals surface area contributed by atoms with Crippen LogP contribution in [-0.4, -0.2) is 34.9 Å². The van der Waals surface area contributed by atoms with Crippen molar-refractivity contribution in [2.45, 2.75) is 6.42 Å². The maximum Gasteiger partial charge on any atom is 0.228 e. The van der Waals surface area contributed by atoms with Gasteiger partial charge in [0, 0.05) is 17.3 Å². The van der Waals surface area contributed by atoms with Crippen LogP contribution >= 0.6 is 0 Å². The van der Waals surface area contributed by atoms with Crippen molar-refractivity contribution in [3.05, 3.63) is 60.7 Å². The Kier molecular flexibility index (Phi) is 4.94. The molecule has 0 aliphatic heterocycles. The van der Waals surface area contributed by atoms with E-state index in [-0.39, 0.29) is 12.3 Å². The summed E-state index contributed by atoms with van der Waals surface area (Å²) in [6.07, 6.45) is 3.29. The van der Waals surface area contributed by atoms with Crippen molar-refractivity contribution in [3.8, 4) is 17.2 Å². The highest BCUT2D eigenvalue weighted by atomic mass is 16.5. The molecule has 7 heteroatoms. The molecule has 0 unspecified atom stereocenters. The summed E-state index contributed by atoms with van der Waals surface area (Å²) in [5, 5.41) is 6.93. The number of nitrogens with one attached hydrogen (secondary N) is 1. The lowest BCUT2D eigenvalue weighted by Crippen LogP contribution is -2.15. The maximum atomic E-state index is 12.3. The molecule has 7 nitrogen and oxygen atoms in total. The summed E-state index contributed by atoms with van der Waals surface area (Å²) >= 11 is 0. The van der Waals surface area contributed by atoms with E-state index in [1.165, 1.54) is 6.33 Å². The second-order valence-corrected chi connectivity index (χ2v) is 5.29. The van der Waals surface area contributed by atoms with Crippen LogP contribution in [0.25, 0.3) is 5.69 Å². The van der Waals surface area contributed by atoms with Gasteiger partial charge in [-0.2, -0.15) is 5.10 Å². The lowest BCUT2D eigenvalue weighted by molar-refractivity contribution is -0.115. The lowest BCUT2D eigenvalue weighted by atomic mass is 10.1. The fourth-order valence-corrected chi connectivity index (χ4v) is 2.42. The summed E-state index contributed by atoms with van der Waals surface area (Å²) in [5.74, 6) is 1.18. The number of hydrogen-bond acceptors (Lipinski definition) is 5. The molecular weight excluding hydrogens is 320 g/mol. The zero-order valence-electron chi connectivity index (χ0n) is 14.0. The van der Waals surface area contributed by atoms with Gasteiger partial charge in [-0.15, -0.1) is 0 Å². The molecule has 1 amide bonds. The predicted octanol–water partition coefficient (Wildman–Crippen LogP) is 2.47. The molecule has 3 rings (SSSR count). The second kappa shape index (κ2) is 7.48. The van der Waals surface area contributed by atoms with Gasteiger partial charge in [0.15, 0.2) is 0 Å². The molecule has 0 atom stereocenters. The summed E-state index contributed by atoms with van der Waals surface area (Å²) in [6, 6.07) is 12.7. The van der Waals surface area contributed by atoms with Gasteiger partial charge >= 0.3 is 0 Å². The fraction of sp³-hybridized carbons (Fsp3) is 0.167. The van der Waals surface area contributed by atoms with Gasteiger partial charge in [-0.1, -0.05) is 6.07 Å². The van der Waals surface area contributed by atoms with Crippen LogP contribution in [0.1, 0.15) is 5.56 Å². The van der Waals surface area contributed by atoms with Gasteiger partial charge in [0.1, 0.15) is 24.2 Å². The van der Waals surface area contributed by atoms with Crippen LogP contribution in [0.3, 0.4) is 0 Å². The number of hydrogen-bond donors (Lipinski definition) is 1. The number of ether oxygens (including phenoxy) is 2. The summed E-state index contributed by atoms with van der Waals surface area (Å²) in [7, 11) is 3.16. The Balaban J connectivity index is 1.66. The molecular formula is C18H18N4O3. The molecule has 0 aliphatic carbocycles. The molecule has 1 heterocycles. The lowest BCUT2D eigenvalue weighted by Gasteiger charge is -2.11. The minimum Gasteiger partial charge on any atom is -0.497 e. The number of benzene rings is 2. The van der Waals surface area contributed by atoms with E-state index in [0.29, 0.717) is 17.2 Å². The quantitative estimate of drug-likeness (QED) is 0.747. The van der Waals surface area contributed by atoms with Crippen molar-refractivity contribution >= 4 is 11.6 Å². The van der Waals surface area contributed by atoms with Crippen molar-refractivity contribution < 1.29 is 14.3 Å². The zero-order valence-corrected chi connectivity index (χ0v) is 14.0. The molecule has 25 heavy (non-hydrogen) atoms. The van der Waals surface area contributed by atoms with E-state index in [4.69, 9.17) is 9.47 Å². The molecule has 0 fully saturated rings. The number of amides is 1. The SMILES string of the molecule is COc1ccc(CC(=O)Nc2ccc(-n3cncn3)cc2)c(OC)c1. The normalized spacial score (nSPS) is 10.3. The van der Waals surface area contributed by atoms with E-state index in [1.54, 1.807) is 37.4 Å². The first-order valence-corrected chi connectivity index (χ1v) is 7.65. The highest BCUT2D eigenvalue weighted by Gasteiger charge is 2.10. The fourth-order valence-electron chi connectivity index (χ4n) is 2.42. The van der Waals surface area contributed by atoms with Gasteiger partial charge in [0.2, 0.25) is 5.91 Å². The Morgan fingerprint density at radius 2 is 1.92 bits per heavy atom. The largest absolute Gasteiger partial charge is 0.497 e. The van der Waals surface area contributed by atoms with Crippen LogP contribution in [0.5, 0.6) is 11.5 Å². The molecule has 0 bridgehead atoms. The van der Waals surface area contributed by atoms with Gasteiger partial charge in [-0.05, 0) is 30.3 Å². The smallest absolute Gasteiger partial charge is 0.228 e. The topological polar surface area (TPSA) is 78.3 Å². The summed E-state index contributed by atoms with van der Waals surface area (Å²) in [6.45, 7) is 0. The third kappa shape index (κ3) is 3.95.